The summed E-state index contributed by atoms with van der Waals surface area (Å²) in [6, 6.07) is 64.2. The molecule has 0 saturated carbocycles. The van der Waals surface area contributed by atoms with Crippen LogP contribution in [0.5, 0.6) is 0 Å². The van der Waals surface area contributed by atoms with Crippen molar-refractivity contribution >= 4 is 78.8 Å². The fraction of sp³-hybridized carbons (Fsp3) is 0.324. The van der Waals surface area contributed by atoms with E-state index < -0.39 is 0 Å². The van der Waals surface area contributed by atoms with Gasteiger partial charge < -0.3 is 9.80 Å². The number of hydrogen-bond donors (Lipinski definition) is 0. The standard InChI is InChI=1S/C74H81BN2/c1-69(2,3)51-40-52(70(4,5)6)43-55(42-51)76-63-38-50(65-59(73(13,14)15)36-49(37-60(65)74(16,17)18)46-26-20-19-21-27-46)39-64-66(63)75(61-34-32-47-28-22-24-30-57(47)67(61)76)62-35-33-48-29-23-25-31-58(48)68(62)77(64)56-44-53(71(7,8)9)41-54(45-56)72(10,11)12/h19-45H,1-18H3. The molecule has 2 heterocycles. The molecule has 0 atom stereocenters. The van der Waals surface area contributed by atoms with E-state index in [0.717, 1.165) is 0 Å². The normalized spacial score (nSPS) is 14.0. The van der Waals surface area contributed by atoms with E-state index in [1.165, 1.54) is 128 Å². The monoisotopic (exact) mass is 1010 g/mol. The molecule has 390 valence electrons. The van der Waals surface area contributed by atoms with Crippen LogP contribution < -0.4 is 26.2 Å². The molecule has 0 unspecified atom stereocenters. The third-order valence-corrected chi connectivity index (χ3v) is 16.8. The lowest BCUT2D eigenvalue weighted by Crippen LogP contribution is -2.61. The van der Waals surface area contributed by atoms with Gasteiger partial charge in [0.05, 0.1) is 0 Å². The zero-order valence-electron chi connectivity index (χ0n) is 49.6. The van der Waals surface area contributed by atoms with Crippen molar-refractivity contribution in [2.24, 2.45) is 0 Å². The van der Waals surface area contributed by atoms with Crippen molar-refractivity contribution in [1.29, 1.82) is 0 Å². The SMILES string of the molecule is CC(C)(C)c1cc(N2c3cc(-c4c(C(C)(C)C)cc(-c5ccccc5)cc4C(C)(C)C)cc4c3B(c3ccc5ccccc5c32)c2ccc3ccccc3c2N4c2cc(C(C)(C)C)cc(C(C)(C)C)c2)cc(C(C)(C)C)c1. The van der Waals surface area contributed by atoms with E-state index in [4.69, 9.17) is 0 Å². The summed E-state index contributed by atoms with van der Waals surface area (Å²) >= 11 is 0. The number of fused-ring (bicyclic) bond motifs is 8. The second-order valence-corrected chi connectivity index (χ2v) is 28.8. The van der Waals surface area contributed by atoms with Crippen LogP contribution in [0.1, 0.15) is 158 Å². The lowest BCUT2D eigenvalue weighted by Gasteiger charge is -2.46. The van der Waals surface area contributed by atoms with E-state index in [9.17, 15) is 0 Å². The summed E-state index contributed by atoms with van der Waals surface area (Å²) < 4.78 is 0. The summed E-state index contributed by atoms with van der Waals surface area (Å²) in [6.45, 7) is 42.8. The molecule has 11 rings (SSSR count). The van der Waals surface area contributed by atoms with Crippen LogP contribution in [0.15, 0.2) is 164 Å². The van der Waals surface area contributed by atoms with Crippen molar-refractivity contribution in [2.45, 2.75) is 157 Å². The minimum atomic E-state index is -0.202. The second-order valence-electron chi connectivity index (χ2n) is 28.8. The van der Waals surface area contributed by atoms with Gasteiger partial charge in [-0.2, -0.15) is 0 Å². The molecule has 2 aliphatic heterocycles. The molecule has 0 aliphatic carbocycles. The Morgan fingerprint density at radius 3 is 1.04 bits per heavy atom. The Morgan fingerprint density at radius 2 is 0.675 bits per heavy atom. The summed E-state index contributed by atoms with van der Waals surface area (Å²) in [6.07, 6.45) is 0. The number of rotatable bonds is 4. The first-order chi connectivity index (χ1) is 36.0. The molecule has 0 fully saturated rings. The molecule has 0 N–H and O–H groups in total. The third kappa shape index (κ3) is 9.10. The van der Waals surface area contributed by atoms with Crippen LogP contribution in [0.3, 0.4) is 0 Å². The highest BCUT2D eigenvalue weighted by Gasteiger charge is 2.46. The van der Waals surface area contributed by atoms with Crippen molar-refractivity contribution in [3.8, 4) is 22.3 Å². The largest absolute Gasteiger partial charge is 0.311 e. The molecular weight excluding hydrogens is 928 g/mol. The molecule has 0 amide bonds. The van der Waals surface area contributed by atoms with Gasteiger partial charge in [0.25, 0.3) is 6.71 Å². The molecule has 2 aliphatic rings. The summed E-state index contributed by atoms with van der Waals surface area (Å²) in [4.78, 5) is 5.42. The maximum atomic E-state index is 2.71. The summed E-state index contributed by atoms with van der Waals surface area (Å²) in [5.74, 6) is 0. The van der Waals surface area contributed by atoms with Gasteiger partial charge in [-0.25, -0.2) is 0 Å². The topological polar surface area (TPSA) is 6.48 Å². The molecule has 0 bridgehead atoms. The van der Waals surface area contributed by atoms with Crippen LogP contribution in [-0.2, 0) is 32.5 Å². The van der Waals surface area contributed by atoms with Gasteiger partial charge in [0, 0.05) is 44.9 Å². The van der Waals surface area contributed by atoms with Crippen molar-refractivity contribution in [2.75, 3.05) is 9.80 Å². The lowest BCUT2D eigenvalue weighted by molar-refractivity contribution is 0.568. The number of benzene rings is 9. The summed E-state index contributed by atoms with van der Waals surface area (Å²) in [7, 11) is 0. The average molecular weight is 1010 g/mol. The highest BCUT2D eigenvalue weighted by molar-refractivity contribution is 7.00. The zero-order valence-corrected chi connectivity index (χ0v) is 49.6. The van der Waals surface area contributed by atoms with Crippen LogP contribution in [0.4, 0.5) is 34.1 Å². The van der Waals surface area contributed by atoms with Gasteiger partial charge in [-0.15, -0.1) is 0 Å². The first-order valence-electron chi connectivity index (χ1n) is 28.4. The van der Waals surface area contributed by atoms with Crippen molar-refractivity contribution in [3.05, 3.63) is 197 Å². The molecule has 2 nitrogen and oxygen atoms in total. The zero-order chi connectivity index (χ0) is 55.1. The highest BCUT2D eigenvalue weighted by atomic mass is 15.2. The number of anilines is 6. The van der Waals surface area contributed by atoms with Crippen molar-refractivity contribution in [1.82, 2.24) is 0 Å². The van der Waals surface area contributed by atoms with E-state index in [1.54, 1.807) is 0 Å². The summed E-state index contributed by atoms with van der Waals surface area (Å²) in [5, 5.41) is 5.00. The molecule has 77 heavy (non-hydrogen) atoms. The van der Waals surface area contributed by atoms with Crippen molar-refractivity contribution < 1.29 is 0 Å². The predicted octanol–water partition coefficient (Wildman–Crippen LogP) is 19.2. The van der Waals surface area contributed by atoms with E-state index in [2.05, 4.69) is 298 Å². The predicted molar refractivity (Wildman–Crippen MR) is 339 cm³/mol. The quantitative estimate of drug-likeness (QED) is 0.162. The van der Waals surface area contributed by atoms with E-state index in [-0.39, 0.29) is 39.2 Å². The Hall–Kier alpha value is -6.84. The first-order valence-corrected chi connectivity index (χ1v) is 28.4. The Balaban J connectivity index is 1.39. The summed E-state index contributed by atoms with van der Waals surface area (Å²) in [5.41, 5.74) is 23.7. The Bertz CT molecular complexity index is 3520. The first kappa shape index (κ1) is 52.2. The molecule has 0 radical (unpaired) electrons. The maximum Gasteiger partial charge on any atom is 0.252 e. The van der Waals surface area contributed by atoms with Crippen LogP contribution >= 0.6 is 0 Å². The lowest BCUT2D eigenvalue weighted by atomic mass is 9.33. The van der Waals surface area contributed by atoms with Crippen LogP contribution in [0.25, 0.3) is 43.8 Å². The smallest absolute Gasteiger partial charge is 0.252 e. The third-order valence-electron chi connectivity index (χ3n) is 16.8. The molecule has 0 aromatic heterocycles. The van der Waals surface area contributed by atoms with Crippen LogP contribution in [-0.4, -0.2) is 6.71 Å². The minimum absolute atomic E-state index is 0.0637. The molecule has 9 aromatic carbocycles. The van der Waals surface area contributed by atoms with E-state index in [1.807, 2.05) is 0 Å². The van der Waals surface area contributed by atoms with Crippen LogP contribution in [0.2, 0.25) is 0 Å². The maximum absolute atomic E-state index is 2.71. The van der Waals surface area contributed by atoms with E-state index in [0.29, 0.717) is 0 Å². The number of nitrogens with zero attached hydrogens (tertiary/aromatic N) is 2. The number of hydrogen-bond acceptors (Lipinski definition) is 2. The Labute approximate surface area is 462 Å². The van der Waals surface area contributed by atoms with Gasteiger partial charge in [-0.05, 0) is 164 Å². The molecule has 0 saturated heterocycles. The molecule has 9 aromatic rings. The van der Waals surface area contributed by atoms with Gasteiger partial charge in [-0.1, -0.05) is 240 Å². The van der Waals surface area contributed by atoms with Gasteiger partial charge in [-0.3, -0.25) is 0 Å². The molecular formula is C74H81BN2. The average Bonchev–Trinajstić information content (AvgIpc) is 3.55. The Kier molecular flexibility index (Phi) is 12.1. The highest BCUT2D eigenvalue weighted by Crippen LogP contribution is 2.53. The van der Waals surface area contributed by atoms with Gasteiger partial charge in [0.1, 0.15) is 0 Å². The van der Waals surface area contributed by atoms with Gasteiger partial charge in [0.2, 0.25) is 0 Å². The Morgan fingerprint density at radius 1 is 0.312 bits per heavy atom. The molecule has 3 heteroatoms. The minimum Gasteiger partial charge on any atom is -0.311 e. The van der Waals surface area contributed by atoms with Crippen molar-refractivity contribution in [3.63, 3.8) is 0 Å². The fourth-order valence-electron chi connectivity index (χ4n) is 12.3. The molecule has 0 spiro atoms. The van der Waals surface area contributed by atoms with Gasteiger partial charge >= 0.3 is 0 Å². The van der Waals surface area contributed by atoms with Gasteiger partial charge in [0.15, 0.2) is 0 Å². The fourth-order valence-corrected chi connectivity index (χ4v) is 12.3. The van der Waals surface area contributed by atoms with Crippen LogP contribution in [0, 0.1) is 0 Å². The van der Waals surface area contributed by atoms with E-state index >= 15 is 0 Å². The second kappa shape index (κ2) is 17.9.